The molecular formula is C10H6AsF3N2O2S. The molecule has 0 bridgehead atoms. The predicted molar refractivity (Wildman–Crippen MR) is 65.5 cm³/mol. The zero-order valence-electron chi connectivity index (χ0n) is 9.19. The van der Waals surface area contributed by atoms with Gasteiger partial charge in [-0.2, -0.15) is 0 Å². The number of benzene rings is 1. The van der Waals surface area contributed by atoms with Gasteiger partial charge in [-0.3, -0.25) is 0 Å². The van der Waals surface area contributed by atoms with E-state index in [2.05, 4.69) is 31.9 Å². The van der Waals surface area contributed by atoms with Gasteiger partial charge in [-0.1, -0.05) is 0 Å². The Bertz CT molecular complexity index is 614. The first kappa shape index (κ1) is 14.1. The van der Waals surface area contributed by atoms with E-state index in [1.807, 2.05) is 0 Å². The van der Waals surface area contributed by atoms with E-state index in [1.165, 1.54) is 18.2 Å². The van der Waals surface area contributed by atoms with Crippen LogP contribution in [0, 0.1) is 0 Å². The van der Waals surface area contributed by atoms with Crippen LogP contribution >= 0.6 is 11.3 Å². The van der Waals surface area contributed by atoms with Gasteiger partial charge in [0.1, 0.15) is 0 Å². The molecule has 1 amide bonds. The summed E-state index contributed by atoms with van der Waals surface area (Å²) < 4.78 is 40.5. The molecule has 2 rings (SSSR count). The van der Waals surface area contributed by atoms with Crippen LogP contribution in [0.25, 0.3) is 10.2 Å². The number of nitrogens with zero attached hydrogens (tertiary/aromatic N) is 1. The molecule has 1 aromatic heterocycles. The summed E-state index contributed by atoms with van der Waals surface area (Å²) in [7, 11) is 0. The number of carbonyl (C=O) groups is 1. The van der Waals surface area contributed by atoms with Crippen LogP contribution in [0.5, 0.6) is 5.75 Å². The maximum absolute atomic E-state index is 12.1. The van der Waals surface area contributed by atoms with Crippen molar-refractivity contribution in [1.29, 1.82) is 0 Å². The third-order valence-electron chi connectivity index (χ3n) is 1.98. The minimum absolute atomic E-state index is 0.231. The molecule has 0 saturated heterocycles. The fourth-order valence-corrected chi connectivity index (χ4v) is 2.39. The molecule has 9 heteroatoms. The second kappa shape index (κ2) is 5.38. The molecule has 0 atom stereocenters. The Hall–Kier alpha value is -1.27. The van der Waals surface area contributed by atoms with Crippen molar-refractivity contribution in [3.05, 3.63) is 18.2 Å². The number of hydrogen-bond acceptors (Lipinski definition) is 4. The molecule has 19 heavy (non-hydrogen) atoms. The summed E-state index contributed by atoms with van der Waals surface area (Å²) in [5.41, 5.74) is 0.500. The van der Waals surface area contributed by atoms with Crippen LogP contribution in [-0.4, -0.2) is 34.1 Å². The molecule has 0 aliphatic rings. The fraction of sp³-hybridized carbons (Fsp3) is 0.200. The number of carbonyl (C=O) groups excluding carboxylic acids is 1. The number of nitrogens with one attached hydrogen (secondary N) is 1. The van der Waals surface area contributed by atoms with E-state index in [1.54, 1.807) is 0 Å². The number of thiazole rings is 1. The van der Waals surface area contributed by atoms with E-state index < -0.39 is 6.36 Å². The van der Waals surface area contributed by atoms with Gasteiger partial charge in [-0.25, -0.2) is 0 Å². The molecule has 0 saturated carbocycles. The molecule has 0 aliphatic heterocycles. The molecule has 0 unspecified atom stereocenters. The van der Waals surface area contributed by atoms with Crippen molar-refractivity contribution in [3.63, 3.8) is 0 Å². The summed E-state index contributed by atoms with van der Waals surface area (Å²) in [5, 5.41) is 3.12. The third-order valence-corrected chi connectivity index (χ3v) is 3.52. The van der Waals surface area contributed by atoms with Gasteiger partial charge in [0, 0.05) is 0 Å². The number of anilines is 1. The molecule has 100 valence electrons. The number of alkyl halides is 3. The number of rotatable bonds is 3. The Labute approximate surface area is 118 Å². The Morgan fingerprint density at radius 1 is 1.47 bits per heavy atom. The van der Waals surface area contributed by atoms with Crippen molar-refractivity contribution in [2.45, 2.75) is 11.6 Å². The van der Waals surface area contributed by atoms with E-state index in [4.69, 9.17) is 0 Å². The Morgan fingerprint density at radius 3 is 2.84 bits per heavy atom. The van der Waals surface area contributed by atoms with E-state index in [9.17, 15) is 18.0 Å². The van der Waals surface area contributed by atoms with Gasteiger partial charge in [-0.05, 0) is 0 Å². The Kier molecular flexibility index (Phi) is 4.01. The normalized spacial score (nSPS) is 11.6. The summed E-state index contributed by atoms with van der Waals surface area (Å²) in [6.07, 6.45) is -4.73. The van der Waals surface area contributed by atoms with Crippen molar-refractivity contribution in [2.75, 3.05) is 5.32 Å². The molecule has 1 aromatic carbocycles. The molecule has 2 radical (unpaired) electrons. The third kappa shape index (κ3) is 3.84. The first-order chi connectivity index (χ1) is 8.87. The molecule has 4 nitrogen and oxygen atoms in total. The molecular weight excluding hydrogens is 344 g/mol. The summed E-state index contributed by atoms with van der Waals surface area (Å²) in [6.45, 7) is 0. The van der Waals surface area contributed by atoms with Gasteiger partial charge < -0.3 is 0 Å². The number of hydrogen-bond donors (Lipinski definition) is 1. The molecule has 0 fully saturated rings. The van der Waals surface area contributed by atoms with Crippen molar-refractivity contribution >= 4 is 49.4 Å². The van der Waals surface area contributed by atoms with Crippen LogP contribution in [0.3, 0.4) is 0 Å². The van der Waals surface area contributed by atoms with Gasteiger partial charge >= 0.3 is 118 Å². The van der Waals surface area contributed by atoms with Crippen LogP contribution in [0.4, 0.5) is 18.3 Å². The molecule has 0 aliphatic carbocycles. The van der Waals surface area contributed by atoms with Crippen molar-refractivity contribution in [3.8, 4) is 5.75 Å². The number of amides is 1. The van der Waals surface area contributed by atoms with Crippen LogP contribution in [0.2, 0.25) is 5.21 Å². The zero-order chi connectivity index (χ0) is 14.0. The Balaban J connectivity index is 2.26. The van der Waals surface area contributed by atoms with Gasteiger partial charge in [0.15, 0.2) is 0 Å². The summed E-state index contributed by atoms with van der Waals surface area (Å²) in [6, 6.07) is 3.82. The first-order valence-electron chi connectivity index (χ1n) is 4.94. The molecule has 1 heterocycles. The topological polar surface area (TPSA) is 51.2 Å². The summed E-state index contributed by atoms with van der Waals surface area (Å²) >= 11 is 3.21. The van der Waals surface area contributed by atoms with E-state index >= 15 is 0 Å². The maximum atomic E-state index is 12.1. The van der Waals surface area contributed by atoms with E-state index in [0.29, 0.717) is 15.3 Å². The monoisotopic (exact) mass is 350 g/mol. The second-order valence-electron chi connectivity index (χ2n) is 3.40. The van der Waals surface area contributed by atoms with E-state index in [0.717, 1.165) is 11.3 Å². The van der Waals surface area contributed by atoms with Gasteiger partial charge in [0.25, 0.3) is 0 Å². The SMILES string of the molecule is O=C(C[As])Nc1nc2ccc(OC(F)(F)F)cc2s1. The average Bonchev–Trinajstić information content (AvgIpc) is 2.68. The standard InChI is InChI=1S/C10H6AsF3N2O2S/c11-4-8(17)16-9-15-6-2-1-5(3-7(6)19-9)18-10(12,13)14/h1-3H,4H2,(H,15,16,17). The molecule has 2 aromatic rings. The number of halogens is 3. The van der Waals surface area contributed by atoms with Crippen molar-refractivity contribution in [2.24, 2.45) is 0 Å². The zero-order valence-corrected chi connectivity index (χ0v) is 11.9. The minimum atomic E-state index is -4.73. The second-order valence-corrected chi connectivity index (χ2v) is 5.10. The quantitative estimate of drug-likeness (QED) is 0.866. The molecule has 0 spiro atoms. The summed E-state index contributed by atoms with van der Waals surface area (Å²) in [5.74, 6) is -0.542. The van der Waals surface area contributed by atoms with Crippen molar-refractivity contribution < 1.29 is 22.7 Å². The average molecular weight is 350 g/mol. The fourth-order valence-electron chi connectivity index (χ4n) is 1.31. The van der Waals surface area contributed by atoms with E-state index in [-0.39, 0.29) is 16.9 Å². The number of aromatic nitrogens is 1. The summed E-state index contributed by atoms with van der Waals surface area (Å²) in [4.78, 5) is 15.3. The van der Waals surface area contributed by atoms with Crippen LogP contribution in [-0.2, 0) is 4.79 Å². The number of ether oxygens (including phenoxy) is 1. The van der Waals surface area contributed by atoms with Gasteiger partial charge in [-0.15, -0.1) is 0 Å². The van der Waals surface area contributed by atoms with Crippen molar-refractivity contribution in [1.82, 2.24) is 4.98 Å². The van der Waals surface area contributed by atoms with Crippen LogP contribution in [0.1, 0.15) is 0 Å². The number of fused-ring (bicyclic) bond motifs is 1. The van der Waals surface area contributed by atoms with Crippen LogP contribution in [0.15, 0.2) is 18.2 Å². The Morgan fingerprint density at radius 2 is 2.21 bits per heavy atom. The van der Waals surface area contributed by atoms with Crippen LogP contribution < -0.4 is 10.1 Å². The predicted octanol–water partition coefficient (Wildman–Crippen LogP) is 2.72. The molecule has 1 N–H and O–H groups in total. The first-order valence-corrected chi connectivity index (χ1v) is 7.09. The van der Waals surface area contributed by atoms with Gasteiger partial charge in [0.2, 0.25) is 0 Å². The van der Waals surface area contributed by atoms with Gasteiger partial charge in [0.05, 0.1) is 0 Å².